The van der Waals surface area contributed by atoms with E-state index in [4.69, 9.17) is 9.83 Å². The molecule has 11 nitrogen and oxygen atoms in total. The zero-order chi connectivity index (χ0) is 23.2. The van der Waals surface area contributed by atoms with Crippen LogP contribution in [0.5, 0.6) is 0 Å². The maximum atomic E-state index is 12.6. The van der Waals surface area contributed by atoms with Crippen molar-refractivity contribution in [3.8, 4) is 11.3 Å². The predicted molar refractivity (Wildman–Crippen MR) is 120 cm³/mol. The second-order valence-corrected chi connectivity index (χ2v) is 10.1. The van der Waals surface area contributed by atoms with Crippen LogP contribution < -0.4 is 0 Å². The zero-order valence-electron chi connectivity index (χ0n) is 16.7. The third kappa shape index (κ3) is 3.65. The molecule has 0 bridgehead atoms. The van der Waals surface area contributed by atoms with Crippen molar-refractivity contribution in [1.29, 1.82) is 5.41 Å². The van der Waals surface area contributed by atoms with Crippen LogP contribution in [0.1, 0.15) is 19.6 Å². The Morgan fingerprint density at radius 3 is 2.72 bits per heavy atom. The highest BCUT2D eigenvalue weighted by Crippen LogP contribution is 2.32. The van der Waals surface area contributed by atoms with Gasteiger partial charge in [0, 0.05) is 17.7 Å². The van der Waals surface area contributed by atoms with E-state index in [9.17, 15) is 23.3 Å². The number of amidine groups is 3. The summed E-state index contributed by atoms with van der Waals surface area (Å²) in [6, 6.07) is 8.95. The first-order valence-corrected chi connectivity index (χ1v) is 11.5. The second kappa shape index (κ2) is 7.84. The first-order chi connectivity index (χ1) is 15.1. The van der Waals surface area contributed by atoms with Crippen LogP contribution >= 0.6 is 11.9 Å². The van der Waals surface area contributed by atoms with Gasteiger partial charge in [0.15, 0.2) is 0 Å². The van der Waals surface area contributed by atoms with Crippen molar-refractivity contribution < 1.29 is 22.6 Å². The second-order valence-electron chi connectivity index (χ2n) is 7.01. The molecule has 3 heterocycles. The van der Waals surface area contributed by atoms with Gasteiger partial charge in [-0.05, 0) is 32.1 Å². The third-order valence-corrected chi connectivity index (χ3v) is 7.47. The van der Waals surface area contributed by atoms with Gasteiger partial charge in [0.1, 0.15) is 17.4 Å². The molecule has 2 aliphatic heterocycles. The van der Waals surface area contributed by atoms with Crippen LogP contribution in [-0.2, 0) is 14.6 Å². The predicted octanol–water partition coefficient (Wildman–Crippen LogP) is 3.25. The molecule has 0 spiro atoms. The summed E-state index contributed by atoms with van der Waals surface area (Å²) in [5, 5.41) is 18.3. The summed E-state index contributed by atoms with van der Waals surface area (Å²) in [6.07, 6.45) is 1.27. The van der Waals surface area contributed by atoms with Crippen molar-refractivity contribution in [2.75, 3.05) is 0 Å². The summed E-state index contributed by atoms with van der Waals surface area (Å²) in [4.78, 5) is 27.8. The average molecular weight is 473 g/mol. The number of aliphatic imine (C=N–C) groups is 1. The molecule has 0 saturated carbocycles. The minimum absolute atomic E-state index is 0.00639. The largest absolute Gasteiger partial charge is 0.457 e. The van der Waals surface area contributed by atoms with Gasteiger partial charge in [-0.15, -0.1) is 0 Å². The Balaban J connectivity index is 1.68. The van der Waals surface area contributed by atoms with Crippen molar-refractivity contribution in [3.05, 3.63) is 57.8 Å². The Kier molecular flexibility index (Phi) is 5.30. The van der Waals surface area contributed by atoms with Crippen LogP contribution in [0, 0.1) is 15.5 Å². The number of nitrogens with one attached hydrogen (secondary N) is 1. The molecule has 0 saturated heterocycles. The van der Waals surface area contributed by atoms with Crippen LogP contribution in [0.25, 0.3) is 17.4 Å². The number of sulfone groups is 1. The molecule has 1 N–H and O–H groups in total. The summed E-state index contributed by atoms with van der Waals surface area (Å²) in [7, 11) is -3.82. The number of fused-ring (bicyclic) bond motifs is 1. The zero-order valence-corrected chi connectivity index (χ0v) is 18.3. The summed E-state index contributed by atoms with van der Waals surface area (Å²) in [6.45, 7) is 2.98. The SMILES string of the molecule is CC(C)S(=O)(=O)C1=NSC2=NC(=O)/C(=C\c3ccc(-c4cccc([N+](=O)[O-])c4)o3)C(=N)N21. The first-order valence-electron chi connectivity index (χ1n) is 9.17. The van der Waals surface area contributed by atoms with Crippen LogP contribution in [-0.4, -0.2) is 45.6 Å². The minimum Gasteiger partial charge on any atom is -0.457 e. The number of rotatable bonds is 4. The Morgan fingerprint density at radius 2 is 2.03 bits per heavy atom. The molecule has 4 rings (SSSR count). The monoisotopic (exact) mass is 473 g/mol. The van der Waals surface area contributed by atoms with E-state index in [0.717, 1.165) is 4.90 Å². The quantitative estimate of drug-likeness (QED) is 0.306. The van der Waals surface area contributed by atoms with Gasteiger partial charge in [-0.1, -0.05) is 12.1 Å². The molecule has 2 aliphatic rings. The van der Waals surface area contributed by atoms with E-state index in [2.05, 4.69) is 9.39 Å². The molecule has 32 heavy (non-hydrogen) atoms. The van der Waals surface area contributed by atoms with E-state index in [1.807, 2.05) is 0 Å². The van der Waals surface area contributed by atoms with Crippen molar-refractivity contribution in [2.24, 2.45) is 9.39 Å². The van der Waals surface area contributed by atoms with Gasteiger partial charge in [-0.25, -0.2) is 13.3 Å². The number of nitro benzene ring substituents is 1. The maximum absolute atomic E-state index is 12.6. The lowest BCUT2D eigenvalue weighted by atomic mass is 10.1. The molecule has 1 amide bonds. The van der Waals surface area contributed by atoms with Gasteiger partial charge in [0.25, 0.3) is 11.6 Å². The average Bonchev–Trinajstić information content (AvgIpc) is 3.38. The van der Waals surface area contributed by atoms with Crippen LogP contribution in [0.4, 0.5) is 5.69 Å². The highest BCUT2D eigenvalue weighted by molar-refractivity contribution is 8.16. The van der Waals surface area contributed by atoms with Crippen molar-refractivity contribution in [3.63, 3.8) is 0 Å². The number of nitrogens with zero attached hydrogens (tertiary/aromatic N) is 4. The third-order valence-electron chi connectivity index (χ3n) is 4.62. The van der Waals surface area contributed by atoms with Crippen LogP contribution in [0.15, 0.2) is 55.8 Å². The van der Waals surface area contributed by atoms with E-state index in [1.165, 1.54) is 44.2 Å². The number of nitro groups is 1. The Labute approximate surface area is 186 Å². The summed E-state index contributed by atoms with van der Waals surface area (Å²) in [5.74, 6) is -0.613. The fourth-order valence-electron chi connectivity index (χ4n) is 2.89. The molecular weight excluding hydrogens is 458 g/mol. The van der Waals surface area contributed by atoms with Gasteiger partial charge in [-0.3, -0.25) is 20.3 Å². The molecule has 164 valence electrons. The molecule has 0 fully saturated rings. The number of non-ortho nitro benzene ring substituents is 1. The van der Waals surface area contributed by atoms with E-state index in [0.29, 0.717) is 23.3 Å². The van der Waals surface area contributed by atoms with Gasteiger partial charge in [0.05, 0.1) is 27.7 Å². The number of carbonyl (C=O) groups excluding carboxylic acids is 1. The van der Waals surface area contributed by atoms with Crippen molar-refractivity contribution in [2.45, 2.75) is 19.1 Å². The lowest BCUT2D eigenvalue weighted by Crippen LogP contribution is -2.46. The Morgan fingerprint density at radius 1 is 1.28 bits per heavy atom. The lowest BCUT2D eigenvalue weighted by molar-refractivity contribution is -0.384. The van der Waals surface area contributed by atoms with Crippen molar-refractivity contribution >= 4 is 55.6 Å². The number of hydrogen-bond acceptors (Lipinski definition) is 9. The van der Waals surface area contributed by atoms with E-state index < -0.39 is 25.9 Å². The van der Waals surface area contributed by atoms with E-state index in [1.54, 1.807) is 12.1 Å². The normalized spacial score (nSPS) is 17.6. The number of amides is 1. The number of carbonyl (C=O) groups is 1. The maximum Gasteiger partial charge on any atom is 0.283 e. The highest BCUT2D eigenvalue weighted by atomic mass is 32.2. The molecular formula is C19H15N5O6S2. The van der Waals surface area contributed by atoms with Gasteiger partial charge in [0.2, 0.25) is 20.2 Å². The lowest BCUT2D eigenvalue weighted by Gasteiger charge is -2.25. The molecule has 0 atom stereocenters. The van der Waals surface area contributed by atoms with Gasteiger partial charge in [-0.2, -0.15) is 9.39 Å². The minimum atomic E-state index is -3.82. The van der Waals surface area contributed by atoms with Crippen LogP contribution in [0.2, 0.25) is 0 Å². The van der Waals surface area contributed by atoms with Crippen molar-refractivity contribution in [1.82, 2.24) is 4.90 Å². The topological polar surface area (TPSA) is 159 Å². The van der Waals surface area contributed by atoms with Crippen LogP contribution in [0.3, 0.4) is 0 Å². The van der Waals surface area contributed by atoms with E-state index >= 15 is 0 Å². The molecule has 0 radical (unpaired) electrons. The summed E-state index contributed by atoms with van der Waals surface area (Å²) >= 11 is 0.717. The number of benzene rings is 1. The standard InChI is InChI=1S/C19H15N5O6S2/c1-10(2)32(28,29)19-22-31-18-21-17(25)14(16(20)23(18)19)9-13-6-7-15(30-13)11-4-3-5-12(8-11)24(26)27/h3-10,20H,1-2H3/b14-9-,20-16?. The molecule has 1 aromatic carbocycles. The Bertz CT molecular complexity index is 1370. The number of furan rings is 1. The summed E-state index contributed by atoms with van der Waals surface area (Å²) in [5.41, 5.74) is 0.181. The first kappa shape index (κ1) is 21.6. The molecule has 0 aliphatic carbocycles. The molecule has 13 heteroatoms. The molecule has 0 unspecified atom stereocenters. The highest BCUT2D eigenvalue weighted by Gasteiger charge is 2.43. The van der Waals surface area contributed by atoms with E-state index in [-0.39, 0.29) is 33.2 Å². The fourth-order valence-corrected chi connectivity index (χ4v) is 4.96. The molecule has 2 aromatic rings. The molecule has 1 aromatic heterocycles. The Hall–Kier alpha value is -3.58. The van der Waals surface area contributed by atoms with Gasteiger partial charge < -0.3 is 4.42 Å². The fraction of sp³-hybridized carbons (Fsp3) is 0.158. The van der Waals surface area contributed by atoms with Gasteiger partial charge >= 0.3 is 0 Å². The number of hydrogen-bond donors (Lipinski definition) is 1. The smallest absolute Gasteiger partial charge is 0.283 e. The summed E-state index contributed by atoms with van der Waals surface area (Å²) < 4.78 is 34.8.